The van der Waals surface area contributed by atoms with Gasteiger partial charge in [0, 0.05) is 29.5 Å². The molecule has 1 saturated heterocycles. The number of hydrogen-bond acceptors (Lipinski definition) is 3. The third kappa shape index (κ3) is 3.56. The molecule has 0 N–H and O–H groups in total. The maximum Gasteiger partial charge on any atom is 0.416 e. The first kappa shape index (κ1) is 20.1. The van der Waals surface area contributed by atoms with Crippen LogP contribution in [0.4, 0.5) is 13.2 Å². The minimum atomic E-state index is -4.52. The molecule has 1 aromatic carbocycles. The summed E-state index contributed by atoms with van der Waals surface area (Å²) in [7, 11) is 0. The zero-order valence-corrected chi connectivity index (χ0v) is 16.0. The Kier molecular flexibility index (Phi) is 4.65. The Balaban J connectivity index is 1.90. The van der Waals surface area contributed by atoms with E-state index >= 15 is 0 Å². The minimum absolute atomic E-state index is 0.00000674. The Labute approximate surface area is 161 Å². The molecule has 2 aliphatic rings. The number of carbonyl (C=O) groups excluding carboxylic acids is 2. The first-order valence-corrected chi connectivity index (χ1v) is 9.03. The number of nitrogens with zero attached hydrogens (tertiary/aromatic N) is 2. The Morgan fingerprint density at radius 2 is 1.93 bits per heavy atom. The Hall–Kier alpha value is -2.62. The molecular formula is C21H21F3N2O2. The molecule has 1 fully saturated rings. The van der Waals surface area contributed by atoms with Gasteiger partial charge in [-0.05, 0) is 43.5 Å². The average Bonchev–Trinajstić information content (AvgIpc) is 2.99. The lowest BCUT2D eigenvalue weighted by Crippen LogP contribution is -2.40. The van der Waals surface area contributed by atoms with Crippen LogP contribution >= 0.6 is 0 Å². The quantitative estimate of drug-likeness (QED) is 0.719. The van der Waals surface area contributed by atoms with Crippen molar-refractivity contribution in [2.75, 3.05) is 13.1 Å². The summed E-state index contributed by atoms with van der Waals surface area (Å²) in [5.41, 5.74) is -1.61. The van der Waals surface area contributed by atoms with Gasteiger partial charge in [0.15, 0.2) is 5.78 Å². The lowest BCUT2D eigenvalue weighted by molar-refractivity contribution is -0.137. The normalized spacial score (nSPS) is 24.2. The molecule has 3 rings (SSSR count). The fourth-order valence-corrected chi connectivity index (χ4v) is 4.41. The van der Waals surface area contributed by atoms with E-state index in [1.54, 1.807) is 19.9 Å². The Morgan fingerprint density at radius 1 is 1.25 bits per heavy atom. The molecule has 148 valence electrons. The van der Waals surface area contributed by atoms with Gasteiger partial charge in [-0.2, -0.15) is 18.4 Å². The highest BCUT2D eigenvalue weighted by molar-refractivity contribution is 6.04. The van der Waals surface area contributed by atoms with Crippen LogP contribution in [0.5, 0.6) is 0 Å². The Morgan fingerprint density at radius 3 is 2.54 bits per heavy atom. The van der Waals surface area contributed by atoms with Crippen molar-refractivity contribution in [1.29, 1.82) is 5.26 Å². The molecule has 1 aliphatic heterocycles. The van der Waals surface area contributed by atoms with E-state index in [4.69, 9.17) is 0 Å². The van der Waals surface area contributed by atoms with Crippen LogP contribution in [-0.4, -0.2) is 29.7 Å². The van der Waals surface area contributed by atoms with E-state index in [0.29, 0.717) is 24.9 Å². The van der Waals surface area contributed by atoms with Gasteiger partial charge in [0.2, 0.25) is 0 Å². The zero-order valence-electron chi connectivity index (χ0n) is 16.0. The molecule has 4 nitrogen and oxygen atoms in total. The zero-order chi connectivity index (χ0) is 20.9. The molecule has 0 unspecified atom stereocenters. The van der Waals surface area contributed by atoms with E-state index in [-0.39, 0.29) is 23.5 Å². The summed E-state index contributed by atoms with van der Waals surface area (Å²) in [5, 5.41) is 9.30. The van der Waals surface area contributed by atoms with E-state index in [9.17, 15) is 28.0 Å². The molecule has 1 amide bonds. The molecule has 1 heterocycles. The van der Waals surface area contributed by atoms with Crippen LogP contribution < -0.4 is 0 Å². The molecule has 1 aromatic rings. The molecule has 0 aromatic heterocycles. The Bertz CT molecular complexity index is 925. The largest absolute Gasteiger partial charge is 0.416 e. The van der Waals surface area contributed by atoms with Gasteiger partial charge >= 0.3 is 6.18 Å². The SMILES string of the molecule is Cc1cc(C(=O)N2CC[C@]3(C=C(C#N)C(=O)C(C)(C)C3)C2)cc(C(F)(F)F)c1. The second kappa shape index (κ2) is 6.47. The second-order valence-electron chi connectivity index (χ2n) is 8.48. The monoisotopic (exact) mass is 390 g/mol. The minimum Gasteiger partial charge on any atom is -0.338 e. The van der Waals surface area contributed by atoms with Gasteiger partial charge in [0.05, 0.1) is 11.1 Å². The number of Topliss-reactive ketones (excluding diaryl/α,β-unsaturated/α-hetero) is 1. The van der Waals surface area contributed by atoms with Gasteiger partial charge in [0.25, 0.3) is 5.91 Å². The van der Waals surface area contributed by atoms with Gasteiger partial charge in [0.1, 0.15) is 6.07 Å². The fraction of sp³-hybridized carbons (Fsp3) is 0.476. The van der Waals surface area contributed by atoms with Gasteiger partial charge in [-0.25, -0.2) is 0 Å². The summed E-state index contributed by atoms with van der Waals surface area (Å²) < 4.78 is 39.2. The van der Waals surface area contributed by atoms with Gasteiger partial charge in [-0.1, -0.05) is 19.9 Å². The van der Waals surface area contributed by atoms with E-state index in [0.717, 1.165) is 12.1 Å². The molecule has 1 aliphatic carbocycles. The predicted molar refractivity (Wildman–Crippen MR) is 96.2 cm³/mol. The molecule has 28 heavy (non-hydrogen) atoms. The number of likely N-dealkylation sites (tertiary alicyclic amines) is 1. The fourth-order valence-electron chi connectivity index (χ4n) is 4.41. The molecular weight excluding hydrogens is 369 g/mol. The molecule has 1 atom stereocenters. The van der Waals surface area contributed by atoms with Crippen molar-refractivity contribution >= 4 is 11.7 Å². The van der Waals surface area contributed by atoms with Crippen LogP contribution in [0.3, 0.4) is 0 Å². The van der Waals surface area contributed by atoms with Crippen LogP contribution in [0.25, 0.3) is 0 Å². The number of allylic oxidation sites excluding steroid dienone is 1. The molecule has 0 radical (unpaired) electrons. The van der Waals surface area contributed by atoms with E-state index < -0.39 is 28.5 Å². The summed E-state index contributed by atoms with van der Waals surface area (Å²) in [6.45, 7) is 5.73. The molecule has 7 heteroatoms. The van der Waals surface area contributed by atoms with Crippen molar-refractivity contribution in [2.24, 2.45) is 10.8 Å². The van der Waals surface area contributed by atoms with Crippen molar-refractivity contribution in [3.63, 3.8) is 0 Å². The second-order valence-corrected chi connectivity index (χ2v) is 8.48. The van der Waals surface area contributed by atoms with Crippen molar-refractivity contribution in [2.45, 2.75) is 39.8 Å². The summed E-state index contributed by atoms with van der Waals surface area (Å²) in [6, 6.07) is 5.30. The van der Waals surface area contributed by atoms with Crippen LogP contribution in [0.1, 0.15) is 48.2 Å². The highest BCUT2D eigenvalue weighted by Crippen LogP contribution is 2.48. The van der Waals surface area contributed by atoms with Crippen molar-refractivity contribution in [3.8, 4) is 6.07 Å². The number of amides is 1. The number of hydrogen-bond donors (Lipinski definition) is 0. The lowest BCUT2D eigenvalue weighted by Gasteiger charge is -2.38. The number of carbonyl (C=O) groups is 2. The summed E-state index contributed by atoms with van der Waals surface area (Å²) >= 11 is 0. The van der Waals surface area contributed by atoms with E-state index in [1.807, 2.05) is 6.07 Å². The topological polar surface area (TPSA) is 61.2 Å². The van der Waals surface area contributed by atoms with Crippen LogP contribution in [0.15, 0.2) is 29.8 Å². The molecule has 1 spiro atoms. The van der Waals surface area contributed by atoms with E-state index in [2.05, 4.69) is 0 Å². The standard InChI is InChI=1S/C21H21F3N2O2/c1-13-6-14(8-16(7-13)21(22,23)24)18(28)26-5-4-20(12-26)9-15(10-25)17(27)19(2,3)11-20/h6-9H,4-5,11-12H2,1-3H3/t20-/m1/s1. The number of nitriles is 1. The highest BCUT2D eigenvalue weighted by Gasteiger charge is 2.49. The van der Waals surface area contributed by atoms with Crippen LogP contribution in [-0.2, 0) is 11.0 Å². The van der Waals surface area contributed by atoms with Crippen LogP contribution in [0.2, 0.25) is 0 Å². The summed E-state index contributed by atoms with van der Waals surface area (Å²) in [5.74, 6) is -0.674. The first-order valence-electron chi connectivity index (χ1n) is 9.03. The number of rotatable bonds is 1. The first-order chi connectivity index (χ1) is 12.9. The lowest BCUT2D eigenvalue weighted by atomic mass is 9.64. The van der Waals surface area contributed by atoms with Gasteiger partial charge < -0.3 is 4.90 Å². The van der Waals surface area contributed by atoms with E-state index in [1.165, 1.54) is 17.9 Å². The smallest absolute Gasteiger partial charge is 0.338 e. The number of aryl methyl sites for hydroxylation is 1. The average molecular weight is 390 g/mol. The predicted octanol–water partition coefficient (Wildman–Crippen LogP) is 4.30. The van der Waals surface area contributed by atoms with Crippen LogP contribution in [0, 0.1) is 29.1 Å². The third-order valence-corrected chi connectivity index (χ3v) is 5.55. The number of alkyl halides is 3. The summed E-state index contributed by atoms with van der Waals surface area (Å²) in [6.07, 6.45) is -1.80. The molecule has 0 saturated carbocycles. The third-order valence-electron chi connectivity index (χ3n) is 5.55. The number of benzene rings is 1. The maximum atomic E-state index is 13.1. The van der Waals surface area contributed by atoms with Crippen molar-refractivity contribution in [1.82, 2.24) is 4.90 Å². The highest BCUT2D eigenvalue weighted by atomic mass is 19.4. The number of halogens is 3. The summed E-state index contributed by atoms with van der Waals surface area (Å²) in [4.78, 5) is 26.8. The maximum absolute atomic E-state index is 13.1. The van der Waals surface area contributed by atoms with Crippen molar-refractivity contribution < 1.29 is 22.8 Å². The number of ketones is 1. The van der Waals surface area contributed by atoms with Crippen molar-refractivity contribution in [3.05, 3.63) is 46.5 Å². The van der Waals surface area contributed by atoms with Gasteiger partial charge in [-0.3, -0.25) is 9.59 Å². The van der Waals surface area contributed by atoms with Gasteiger partial charge in [-0.15, -0.1) is 0 Å². The molecule has 0 bridgehead atoms.